The Bertz CT molecular complexity index is 560. The number of sulfonamides is 1. The lowest BCUT2D eigenvalue weighted by molar-refractivity contribution is 0.269. The lowest BCUT2D eigenvalue weighted by atomic mass is 9.76. The first kappa shape index (κ1) is 17.8. The number of nitrogens with one attached hydrogen (secondary N) is 1. The zero-order valence-corrected chi connectivity index (χ0v) is 14.2. The van der Waals surface area contributed by atoms with Crippen LogP contribution in [0.1, 0.15) is 39.0 Å². The zero-order valence-electron chi connectivity index (χ0n) is 11.8. The summed E-state index contributed by atoms with van der Waals surface area (Å²) in [6, 6.07) is 0. The predicted molar refractivity (Wildman–Crippen MR) is 83.5 cm³/mol. The zero-order chi connectivity index (χ0) is 15.6. The summed E-state index contributed by atoms with van der Waals surface area (Å²) >= 11 is 5.01. The Kier molecular flexibility index (Phi) is 5.56. The highest BCUT2D eigenvalue weighted by Gasteiger charge is 2.41. The highest BCUT2D eigenvalue weighted by atomic mass is 32.3. The first-order chi connectivity index (χ1) is 9.00. The number of sulfone groups is 1. The number of thiocarbonyl (C=S) groups is 1. The maximum Gasteiger partial charge on any atom is 0.226 e. The van der Waals surface area contributed by atoms with Crippen LogP contribution < -0.4 is 10.5 Å². The highest BCUT2D eigenvalue weighted by Crippen LogP contribution is 2.34. The number of hydrogen-bond donors (Lipinski definition) is 2. The van der Waals surface area contributed by atoms with Crippen LogP contribution in [0.2, 0.25) is 0 Å². The van der Waals surface area contributed by atoms with E-state index in [2.05, 4.69) is 11.6 Å². The topological polar surface area (TPSA) is 106 Å². The van der Waals surface area contributed by atoms with Gasteiger partial charge in [-0.3, -0.25) is 0 Å². The van der Waals surface area contributed by atoms with Gasteiger partial charge in [-0.25, -0.2) is 21.6 Å². The molecule has 0 aromatic heterocycles. The van der Waals surface area contributed by atoms with Crippen LogP contribution in [0.15, 0.2) is 0 Å². The summed E-state index contributed by atoms with van der Waals surface area (Å²) in [7, 11) is -7.61. The van der Waals surface area contributed by atoms with Gasteiger partial charge in [0.25, 0.3) is 0 Å². The molecule has 0 aliphatic heterocycles. The fourth-order valence-corrected chi connectivity index (χ4v) is 6.31. The van der Waals surface area contributed by atoms with E-state index in [-0.39, 0.29) is 4.99 Å². The molecule has 20 heavy (non-hydrogen) atoms. The van der Waals surface area contributed by atoms with E-state index < -0.39 is 30.5 Å². The Morgan fingerprint density at radius 3 is 2.15 bits per heavy atom. The number of hydrogen-bond acceptors (Lipinski definition) is 5. The molecule has 0 atom stereocenters. The fraction of sp³-hybridized carbons (Fsp3) is 0.909. The van der Waals surface area contributed by atoms with E-state index in [0.717, 1.165) is 25.5 Å². The van der Waals surface area contributed by atoms with Gasteiger partial charge in [-0.2, -0.15) is 0 Å². The van der Waals surface area contributed by atoms with E-state index >= 15 is 0 Å². The van der Waals surface area contributed by atoms with Gasteiger partial charge in [0.2, 0.25) is 10.0 Å². The molecule has 3 N–H and O–H groups in total. The van der Waals surface area contributed by atoms with Crippen molar-refractivity contribution in [2.45, 2.75) is 44.6 Å². The molecule has 0 aromatic rings. The molecule has 1 aliphatic carbocycles. The van der Waals surface area contributed by atoms with E-state index in [1.165, 1.54) is 0 Å². The molecule has 1 fully saturated rings. The second kappa shape index (κ2) is 6.25. The predicted octanol–water partition coefficient (Wildman–Crippen LogP) is 0.533. The third-order valence-electron chi connectivity index (χ3n) is 3.73. The highest BCUT2D eigenvalue weighted by molar-refractivity contribution is 8.06. The Labute approximate surface area is 126 Å². The van der Waals surface area contributed by atoms with Crippen molar-refractivity contribution in [2.75, 3.05) is 11.3 Å². The first-order valence-electron chi connectivity index (χ1n) is 6.49. The Hall–Kier alpha value is -0.250. The molecule has 1 aliphatic rings. The van der Waals surface area contributed by atoms with Crippen molar-refractivity contribution in [3.63, 3.8) is 0 Å². The Balaban J connectivity index is 2.92. The summed E-state index contributed by atoms with van der Waals surface area (Å²) in [5.41, 5.74) is 4.73. The minimum Gasteiger partial charge on any atom is -0.392 e. The molecule has 0 saturated heterocycles. The molecule has 118 valence electrons. The van der Waals surface area contributed by atoms with Crippen molar-refractivity contribution in [3.05, 3.63) is 0 Å². The third-order valence-corrected chi connectivity index (χ3v) is 7.77. The first-order valence-corrected chi connectivity index (χ1v) is 10.6. The third kappa shape index (κ3) is 4.94. The minimum atomic E-state index is -3.97. The smallest absolute Gasteiger partial charge is 0.226 e. The van der Waals surface area contributed by atoms with Gasteiger partial charge in [0.15, 0.2) is 14.9 Å². The second-order valence-electron chi connectivity index (χ2n) is 5.56. The summed E-state index contributed by atoms with van der Waals surface area (Å²) in [5.74, 6) is 0.539. The maximum absolute atomic E-state index is 12.0. The van der Waals surface area contributed by atoms with Gasteiger partial charge in [-0.15, -0.1) is 0 Å². The van der Waals surface area contributed by atoms with Gasteiger partial charge in [0.05, 0.1) is 10.5 Å². The summed E-state index contributed by atoms with van der Waals surface area (Å²) < 4.78 is 48.7. The Morgan fingerprint density at radius 1 is 1.30 bits per heavy atom. The van der Waals surface area contributed by atoms with Gasteiger partial charge >= 0.3 is 0 Å². The van der Waals surface area contributed by atoms with Crippen LogP contribution in [0.5, 0.6) is 0 Å². The van der Waals surface area contributed by atoms with Crippen LogP contribution in [0.3, 0.4) is 0 Å². The molecule has 0 aromatic carbocycles. The fourth-order valence-electron chi connectivity index (χ4n) is 2.59. The van der Waals surface area contributed by atoms with Crippen LogP contribution in [-0.2, 0) is 19.9 Å². The van der Waals surface area contributed by atoms with Gasteiger partial charge in [-0.1, -0.05) is 25.6 Å². The second-order valence-corrected chi connectivity index (χ2v) is 10.2. The van der Waals surface area contributed by atoms with Crippen molar-refractivity contribution in [2.24, 2.45) is 11.7 Å². The summed E-state index contributed by atoms with van der Waals surface area (Å²) in [5, 5.41) is -0.943. The lowest BCUT2D eigenvalue weighted by Gasteiger charge is -2.39. The normalized spacial score (nSPS) is 28.2. The quantitative estimate of drug-likeness (QED) is 0.682. The molecular weight excluding hydrogens is 320 g/mol. The van der Waals surface area contributed by atoms with Crippen LogP contribution in [-0.4, -0.2) is 38.7 Å². The van der Waals surface area contributed by atoms with Crippen molar-refractivity contribution in [1.82, 2.24) is 4.72 Å². The molecule has 6 nitrogen and oxygen atoms in total. The maximum atomic E-state index is 12.0. The standard InChI is InChI=1S/C11H22N2O4S3/c1-3-9-4-6-11(7-5-9,10(12)18)13-20(16,17)8-19(2,14)15/h9,13H,3-8H2,1-2H3,(H2,12,18). The molecule has 0 heterocycles. The average molecular weight is 343 g/mol. The molecule has 1 rings (SSSR count). The molecule has 0 bridgehead atoms. The van der Waals surface area contributed by atoms with Gasteiger partial charge in [0, 0.05) is 6.26 Å². The van der Waals surface area contributed by atoms with Crippen LogP contribution >= 0.6 is 12.2 Å². The van der Waals surface area contributed by atoms with Gasteiger partial charge < -0.3 is 5.73 Å². The molecule has 9 heteroatoms. The number of nitrogens with two attached hydrogens (primary N) is 1. The summed E-state index contributed by atoms with van der Waals surface area (Å²) in [4.78, 5) is 0.0872. The molecule has 1 saturated carbocycles. The van der Waals surface area contributed by atoms with Crippen molar-refractivity contribution in [3.8, 4) is 0 Å². The Morgan fingerprint density at radius 2 is 1.80 bits per heavy atom. The van der Waals surface area contributed by atoms with E-state index in [0.29, 0.717) is 18.8 Å². The van der Waals surface area contributed by atoms with E-state index in [9.17, 15) is 16.8 Å². The molecule has 0 spiro atoms. The lowest BCUT2D eigenvalue weighted by Crippen LogP contribution is -2.58. The summed E-state index contributed by atoms with van der Waals surface area (Å²) in [6.07, 6.45) is 4.61. The van der Waals surface area contributed by atoms with Crippen molar-refractivity contribution < 1.29 is 16.8 Å². The molecule has 0 amide bonds. The minimum absolute atomic E-state index is 0.0872. The van der Waals surface area contributed by atoms with Crippen molar-refractivity contribution >= 4 is 37.1 Å². The molecule has 0 radical (unpaired) electrons. The largest absolute Gasteiger partial charge is 0.392 e. The van der Waals surface area contributed by atoms with Crippen molar-refractivity contribution in [1.29, 1.82) is 0 Å². The monoisotopic (exact) mass is 342 g/mol. The van der Waals surface area contributed by atoms with Gasteiger partial charge in [0.1, 0.15) is 0 Å². The van der Waals surface area contributed by atoms with E-state index in [1.54, 1.807) is 0 Å². The SMILES string of the molecule is CCC1CCC(NS(=O)(=O)CS(C)(=O)=O)(C(N)=S)CC1. The van der Waals surface area contributed by atoms with E-state index in [1.807, 2.05) is 0 Å². The van der Waals surface area contributed by atoms with Gasteiger partial charge in [-0.05, 0) is 31.6 Å². The molecule has 0 unspecified atom stereocenters. The van der Waals surface area contributed by atoms with Crippen LogP contribution in [0.25, 0.3) is 0 Å². The van der Waals surface area contributed by atoms with E-state index in [4.69, 9.17) is 18.0 Å². The number of rotatable bonds is 6. The summed E-state index contributed by atoms with van der Waals surface area (Å²) in [6.45, 7) is 2.09. The van der Waals surface area contributed by atoms with Crippen LogP contribution in [0.4, 0.5) is 0 Å². The average Bonchev–Trinajstić information content (AvgIpc) is 2.25. The molecular formula is C11H22N2O4S3. The van der Waals surface area contributed by atoms with Crippen LogP contribution in [0, 0.1) is 5.92 Å².